The second kappa shape index (κ2) is 8.32. The van der Waals surface area contributed by atoms with Crippen molar-refractivity contribution in [3.63, 3.8) is 0 Å². The summed E-state index contributed by atoms with van der Waals surface area (Å²) >= 11 is 0. The van der Waals surface area contributed by atoms with Gasteiger partial charge in [-0.2, -0.15) is 0 Å². The smallest absolute Gasteiger partial charge is 0.166 e. The zero-order valence-corrected chi connectivity index (χ0v) is 15.0. The van der Waals surface area contributed by atoms with Crippen molar-refractivity contribution in [3.05, 3.63) is 48.1 Å². The second-order valence-electron chi connectivity index (χ2n) is 6.28. The summed E-state index contributed by atoms with van der Waals surface area (Å²) < 4.78 is 5.16. The standard InChI is InChI=1S/C19H25NO2.ClH/c1-5-11-19(14-20(2)3)12-10-16(18(19)21)13-15-6-8-17(22-4)9-7-15;/h5-9,13H,1,10-12,14H2,2-4H3;1H/b16-13+;. The van der Waals surface area contributed by atoms with Gasteiger partial charge in [-0.25, -0.2) is 0 Å². The fourth-order valence-corrected chi connectivity index (χ4v) is 3.27. The van der Waals surface area contributed by atoms with Crippen molar-refractivity contribution in [1.29, 1.82) is 0 Å². The predicted molar refractivity (Wildman–Crippen MR) is 98.3 cm³/mol. The molecule has 0 saturated heterocycles. The van der Waals surface area contributed by atoms with Crippen LogP contribution in [0.1, 0.15) is 24.8 Å². The third-order valence-corrected chi connectivity index (χ3v) is 4.26. The Hall–Kier alpha value is -1.58. The van der Waals surface area contributed by atoms with Gasteiger partial charge in [-0.1, -0.05) is 18.2 Å². The molecule has 0 bridgehead atoms. The topological polar surface area (TPSA) is 29.5 Å². The third-order valence-electron chi connectivity index (χ3n) is 4.26. The molecule has 1 aliphatic rings. The average Bonchev–Trinajstić information content (AvgIpc) is 2.77. The summed E-state index contributed by atoms with van der Waals surface area (Å²) in [4.78, 5) is 15.0. The first-order valence-corrected chi connectivity index (χ1v) is 7.66. The molecule has 4 heteroatoms. The fraction of sp³-hybridized carbons (Fsp3) is 0.421. The minimum absolute atomic E-state index is 0. The molecule has 1 aromatic rings. The third kappa shape index (κ3) is 4.46. The van der Waals surface area contributed by atoms with Crippen LogP contribution in [0.2, 0.25) is 0 Å². The lowest BCUT2D eigenvalue weighted by molar-refractivity contribution is -0.123. The van der Waals surface area contributed by atoms with Crippen LogP contribution in [-0.2, 0) is 4.79 Å². The van der Waals surface area contributed by atoms with Gasteiger partial charge in [0.15, 0.2) is 5.78 Å². The van der Waals surface area contributed by atoms with Crippen LogP contribution in [0.5, 0.6) is 5.75 Å². The SMILES string of the molecule is C=CCC1(CN(C)C)CC/C(=C\c2ccc(OC)cc2)C1=O.Cl. The van der Waals surface area contributed by atoms with Crippen molar-refractivity contribution < 1.29 is 9.53 Å². The minimum Gasteiger partial charge on any atom is -0.497 e. The van der Waals surface area contributed by atoms with Gasteiger partial charge in [0.05, 0.1) is 7.11 Å². The molecule has 0 aromatic heterocycles. The molecule has 1 aliphatic carbocycles. The summed E-state index contributed by atoms with van der Waals surface area (Å²) in [5.74, 6) is 1.10. The van der Waals surface area contributed by atoms with E-state index in [1.165, 1.54) is 0 Å². The fourth-order valence-electron chi connectivity index (χ4n) is 3.27. The van der Waals surface area contributed by atoms with Gasteiger partial charge in [0.2, 0.25) is 0 Å². The van der Waals surface area contributed by atoms with Gasteiger partial charge in [-0.15, -0.1) is 19.0 Å². The summed E-state index contributed by atoms with van der Waals surface area (Å²) in [6, 6.07) is 7.81. The number of carbonyl (C=O) groups excluding carboxylic acids is 1. The van der Waals surface area contributed by atoms with E-state index in [0.29, 0.717) is 0 Å². The van der Waals surface area contributed by atoms with Crippen LogP contribution in [0.3, 0.4) is 0 Å². The Labute approximate surface area is 145 Å². The van der Waals surface area contributed by atoms with Crippen LogP contribution >= 0.6 is 12.4 Å². The Kier molecular flexibility index (Phi) is 7.04. The Morgan fingerprint density at radius 2 is 1.96 bits per heavy atom. The summed E-state index contributed by atoms with van der Waals surface area (Å²) in [7, 11) is 5.69. The Balaban J connectivity index is 0.00000264. The summed E-state index contributed by atoms with van der Waals surface area (Å²) in [5, 5.41) is 0. The van der Waals surface area contributed by atoms with E-state index in [2.05, 4.69) is 11.5 Å². The first-order chi connectivity index (χ1) is 10.5. The molecule has 0 amide bonds. The average molecular weight is 336 g/mol. The number of ether oxygens (including phenoxy) is 1. The molecule has 1 saturated carbocycles. The maximum Gasteiger partial charge on any atom is 0.166 e. The van der Waals surface area contributed by atoms with Gasteiger partial charge in [0, 0.05) is 12.0 Å². The van der Waals surface area contributed by atoms with E-state index in [1.54, 1.807) is 7.11 Å². The Bertz CT molecular complexity index is 578. The molecule has 1 unspecified atom stereocenters. The zero-order chi connectivity index (χ0) is 16.2. The van der Waals surface area contributed by atoms with Gasteiger partial charge >= 0.3 is 0 Å². The number of hydrogen-bond acceptors (Lipinski definition) is 3. The molecule has 0 heterocycles. The van der Waals surface area contributed by atoms with Crippen LogP contribution in [0, 0.1) is 5.41 Å². The highest BCUT2D eigenvalue weighted by molar-refractivity contribution is 6.05. The van der Waals surface area contributed by atoms with Gasteiger partial charge in [0.25, 0.3) is 0 Å². The normalized spacial score (nSPS) is 22.3. The maximum absolute atomic E-state index is 12.9. The van der Waals surface area contributed by atoms with Crippen LogP contribution in [0.4, 0.5) is 0 Å². The number of halogens is 1. The van der Waals surface area contributed by atoms with Crippen molar-refractivity contribution in [2.75, 3.05) is 27.7 Å². The highest BCUT2D eigenvalue weighted by atomic mass is 35.5. The van der Waals surface area contributed by atoms with Crippen molar-refractivity contribution >= 4 is 24.3 Å². The number of allylic oxidation sites excluding steroid dienone is 2. The van der Waals surface area contributed by atoms with Crippen LogP contribution in [-0.4, -0.2) is 38.4 Å². The van der Waals surface area contributed by atoms with E-state index in [4.69, 9.17) is 4.74 Å². The first-order valence-electron chi connectivity index (χ1n) is 7.66. The molecule has 2 rings (SSSR count). The van der Waals surface area contributed by atoms with Crippen molar-refractivity contribution in [2.45, 2.75) is 19.3 Å². The molecule has 23 heavy (non-hydrogen) atoms. The Morgan fingerprint density at radius 3 is 2.48 bits per heavy atom. The molecule has 0 aliphatic heterocycles. The minimum atomic E-state index is -0.302. The maximum atomic E-state index is 12.9. The molecule has 0 N–H and O–H groups in total. The van der Waals surface area contributed by atoms with E-state index < -0.39 is 0 Å². The number of methoxy groups -OCH3 is 1. The van der Waals surface area contributed by atoms with Crippen molar-refractivity contribution in [1.82, 2.24) is 4.90 Å². The quantitative estimate of drug-likeness (QED) is 0.581. The number of nitrogens with zero attached hydrogens (tertiary/aromatic N) is 1. The Morgan fingerprint density at radius 1 is 1.30 bits per heavy atom. The molecular formula is C19H26ClNO2. The van der Waals surface area contributed by atoms with Gasteiger partial charge < -0.3 is 9.64 Å². The van der Waals surface area contributed by atoms with Gasteiger partial charge in [0.1, 0.15) is 5.75 Å². The molecular weight excluding hydrogens is 310 g/mol. The van der Waals surface area contributed by atoms with Crippen molar-refractivity contribution in [2.24, 2.45) is 5.41 Å². The molecule has 3 nitrogen and oxygen atoms in total. The number of Topliss-reactive ketones (excluding diaryl/α,β-unsaturated/α-hetero) is 1. The van der Waals surface area contributed by atoms with E-state index in [-0.39, 0.29) is 23.6 Å². The highest BCUT2D eigenvalue weighted by Gasteiger charge is 2.43. The molecule has 1 fully saturated rings. The largest absolute Gasteiger partial charge is 0.497 e. The monoisotopic (exact) mass is 335 g/mol. The lowest BCUT2D eigenvalue weighted by Crippen LogP contribution is -2.37. The molecule has 0 radical (unpaired) electrons. The van der Waals surface area contributed by atoms with E-state index in [1.807, 2.05) is 50.5 Å². The van der Waals surface area contributed by atoms with Crippen LogP contribution in [0.25, 0.3) is 6.08 Å². The number of benzene rings is 1. The summed E-state index contributed by atoms with van der Waals surface area (Å²) in [6.45, 7) is 4.61. The second-order valence-corrected chi connectivity index (χ2v) is 6.28. The summed E-state index contributed by atoms with van der Waals surface area (Å²) in [6.07, 6.45) is 6.37. The van der Waals surface area contributed by atoms with E-state index in [9.17, 15) is 4.79 Å². The van der Waals surface area contributed by atoms with Gasteiger partial charge in [-0.05, 0) is 62.7 Å². The number of rotatable bonds is 6. The lowest BCUT2D eigenvalue weighted by Gasteiger charge is -2.29. The van der Waals surface area contributed by atoms with Gasteiger partial charge in [-0.3, -0.25) is 4.79 Å². The van der Waals surface area contributed by atoms with Crippen LogP contribution < -0.4 is 4.74 Å². The number of ketones is 1. The summed E-state index contributed by atoms with van der Waals surface area (Å²) in [5.41, 5.74) is 1.67. The number of carbonyl (C=O) groups is 1. The number of hydrogen-bond donors (Lipinski definition) is 0. The molecule has 126 valence electrons. The predicted octanol–water partition coefficient (Wildman–Crippen LogP) is 3.99. The molecule has 1 aromatic carbocycles. The highest BCUT2D eigenvalue weighted by Crippen LogP contribution is 2.42. The van der Waals surface area contributed by atoms with Crippen molar-refractivity contribution in [3.8, 4) is 5.75 Å². The van der Waals surface area contributed by atoms with Crippen LogP contribution in [0.15, 0.2) is 42.5 Å². The lowest BCUT2D eigenvalue weighted by atomic mass is 9.81. The zero-order valence-electron chi connectivity index (χ0n) is 14.2. The van der Waals surface area contributed by atoms with E-state index in [0.717, 1.165) is 42.7 Å². The van der Waals surface area contributed by atoms with E-state index >= 15 is 0 Å². The molecule has 1 atom stereocenters. The molecule has 0 spiro atoms. The first kappa shape index (κ1) is 19.5.